The molecule has 7 heteroatoms. The quantitative estimate of drug-likeness (QED) is 0.574. The smallest absolute Gasteiger partial charge is 0.274 e. The van der Waals surface area contributed by atoms with E-state index in [1.807, 2.05) is 36.4 Å². The number of fused-ring (bicyclic) bond motifs is 2. The highest BCUT2D eigenvalue weighted by Gasteiger charge is 2.38. The molecule has 182 valence electrons. The Balaban J connectivity index is 1.05. The summed E-state index contributed by atoms with van der Waals surface area (Å²) in [5, 5.41) is 8.68. The first kappa shape index (κ1) is 22.5. The van der Waals surface area contributed by atoms with E-state index in [9.17, 15) is 9.59 Å². The van der Waals surface area contributed by atoms with Gasteiger partial charge in [-0.15, -0.1) is 10.2 Å². The number of carbonyl (C=O) groups is 2. The third kappa shape index (κ3) is 4.04. The third-order valence-corrected chi connectivity index (χ3v) is 7.80. The van der Waals surface area contributed by atoms with Crippen molar-refractivity contribution in [3.63, 3.8) is 0 Å². The highest BCUT2D eigenvalue weighted by atomic mass is 16.2. The molecule has 2 saturated heterocycles. The van der Waals surface area contributed by atoms with Gasteiger partial charge < -0.3 is 14.7 Å². The monoisotopic (exact) mass is 479 g/mol. The van der Waals surface area contributed by atoms with Crippen LogP contribution in [0.1, 0.15) is 44.8 Å². The van der Waals surface area contributed by atoms with E-state index in [0.29, 0.717) is 37.4 Å². The van der Waals surface area contributed by atoms with E-state index < -0.39 is 0 Å². The molecule has 7 nitrogen and oxygen atoms in total. The summed E-state index contributed by atoms with van der Waals surface area (Å²) in [6.45, 7) is 3.81. The fraction of sp³-hybridized carbons (Fsp3) is 0.310. The Morgan fingerprint density at radius 2 is 1.36 bits per heavy atom. The van der Waals surface area contributed by atoms with Crippen LogP contribution in [0.15, 0.2) is 72.8 Å². The van der Waals surface area contributed by atoms with Gasteiger partial charge in [0.05, 0.1) is 0 Å². The molecule has 2 aliphatic heterocycles. The SMILES string of the molecule is O=C(c1ccccc1)N1CCN(C(=O)c2ccc(N3CCC4(C=Cc5ccccc54)CC3)nn2)CC1. The van der Waals surface area contributed by atoms with Gasteiger partial charge in [-0.1, -0.05) is 54.6 Å². The summed E-state index contributed by atoms with van der Waals surface area (Å²) in [5.74, 6) is 0.688. The van der Waals surface area contributed by atoms with Gasteiger partial charge >= 0.3 is 0 Å². The number of hydrogen-bond acceptors (Lipinski definition) is 5. The molecule has 1 spiro atoms. The van der Waals surface area contributed by atoms with Gasteiger partial charge in [0.15, 0.2) is 11.5 Å². The van der Waals surface area contributed by atoms with E-state index in [1.54, 1.807) is 15.9 Å². The summed E-state index contributed by atoms with van der Waals surface area (Å²) in [6, 6.07) is 21.6. The van der Waals surface area contributed by atoms with E-state index in [4.69, 9.17) is 0 Å². The average Bonchev–Trinajstić information content (AvgIpc) is 3.31. The summed E-state index contributed by atoms with van der Waals surface area (Å²) < 4.78 is 0. The molecular formula is C29H29N5O2. The Morgan fingerprint density at radius 3 is 2.06 bits per heavy atom. The second-order valence-electron chi connectivity index (χ2n) is 9.79. The first-order valence-electron chi connectivity index (χ1n) is 12.6. The molecule has 1 aliphatic carbocycles. The van der Waals surface area contributed by atoms with Crippen LogP contribution in [0.3, 0.4) is 0 Å². The lowest BCUT2D eigenvalue weighted by atomic mass is 9.74. The normalized spacial score (nSPS) is 18.4. The van der Waals surface area contributed by atoms with E-state index in [0.717, 1.165) is 31.7 Å². The third-order valence-electron chi connectivity index (χ3n) is 7.80. The van der Waals surface area contributed by atoms with E-state index in [-0.39, 0.29) is 17.2 Å². The van der Waals surface area contributed by atoms with Crippen LogP contribution in [0, 0.1) is 0 Å². The molecular weight excluding hydrogens is 450 g/mol. The Morgan fingerprint density at radius 1 is 0.694 bits per heavy atom. The number of nitrogens with zero attached hydrogens (tertiary/aromatic N) is 5. The number of carbonyl (C=O) groups excluding carboxylic acids is 2. The molecule has 3 heterocycles. The fourth-order valence-corrected chi connectivity index (χ4v) is 5.65. The fourth-order valence-electron chi connectivity index (χ4n) is 5.65. The molecule has 0 unspecified atom stereocenters. The second-order valence-corrected chi connectivity index (χ2v) is 9.79. The Labute approximate surface area is 211 Å². The van der Waals surface area contributed by atoms with Gasteiger partial charge in [-0.3, -0.25) is 9.59 Å². The number of hydrogen-bond donors (Lipinski definition) is 0. The van der Waals surface area contributed by atoms with Gasteiger partial charge in [-0.25, -0.2) is 0 Å². The summed E-state index contributed by atoms with van der Waals surface area (Å²) in [7, 11) is 0. The lowest BCUT2D eigenvalue weighted by Gasteiger charge is -2.39. The molecule has 3 aromatic rings. The predicted octanol–water partition coefficient (Wildman–Crippen LogP) is 3.64. The number of benzene rings is 2. The van der Waals surface area contributed by atoms with Crippen molar-refractivity contribution < 1.29 is 9.59 Å². The molecule has 2 fully saturated rings. The van der Waals surface area contributed by atoms with Gasteiger partial charge in [0, 0.05) is 50.2 Å². The maximum atomic E-state index is 13.0. The van der Waals surface area contributed by atoms with Crippen LogP contribution in [0.5, 0.6) is 0 Å². The summed E-state index contributed by atoms with van der Waals surface area (Å²) in [4.78, 5) is 31.5. The van der Waals surface area contributed by atoms with Crippen LogP contribution in [-0.4, -0.2) is 71.1 Å². The number of allylic oxidation sites excluding steroid dienone is 1. The first-order valence-corrected chi connectivity index (χ1v) is 12.6. The molecule has 3 aliphatic rings. The van der Waals surface area contributed by atoms with Crippen molar-refractivity contribution in [1.29, 1.82) is 0 Å². The van der Waals surface area contributed by atoms with Crippen molar-refractivity contribution in [2.45, 2.75) is 18.3 Å². The lowest BCUT2D eigenvalue weighted by molar-refractivity contribution is 0.0531. The van der Waals surface area contributed by atoms with Crippen LogP contribution in [0.4, 0.5) is 5.82 Å². The minimum absolute atomic E-state index is 0.00624. The van der Waals surface area contributed by atoms with Crippen LogP contribution in [0.25, 0.3) is 6.08 Å². The van der Waals surface area contributed by atoms with Crippen molar-refractivity contribution in [1.82, 2.24) is 20.0 Å². The number of piperazine rings is 1. The lowest BCUT2D eigenvalue weighted by Crippen LogP contribution is -2.50. The van der Waals surface area contributed by atoms with Crippen molar-refractivity contribution in [2.24, 2.45) is 0 Å². The van der Waals surface area contributed by atoms with Gasteiger partial charge in [0.25, 0.3) is 11.8 Å². The molecule has 2 amide bonds. The van der Waals surface area contributed by atoms with Gasteiger partial charge in [-0.05, 0) is 48.2 Å². The highest BCUT2D eigenvalue weighted by molar-refractivity contribution is 5.95. The Bertz CT molecular complexity index is 1290. The maximum Gasteiger partial charge on any atom is 0.274 e. The number of rotatable bonds is 3. The van der Waals surface area contributed by atoms with Crippen molar-refractivity contribution in [2.75, 3.05) is 44.2 Å². The zero-order valence-electron chi connectivity index (χ0n) is 20.2. The standard InChI is InChI=1S/C29H29N5O2/c35-27(23-7-2-1-3-8-23)33-18-20-34(21-19-33)28(36)25-10-11-26(31-30-25)32-16-14-29(15-17-32)13-12-22-6-4-5-9-24(22)29/h1-13H,14-21H2. The van der Waals surface area contributed by atoms with Gasteiger partial charge in [0.2, 0.25) is 0 Å². The molecule has 36 heavy (non-hydrogen) atoms. The van der Waals surface area contributed by atoms with E-state index in [1.165, 1.54) is 11.1 Å². The molecule has 1 aromatic heterocycles. The Hall–Kier alpha value is -4.00. The zero-order chi connectivity index (χ0) is 24.5. The largest absolute Gasteiger partial charge is 0.355 e. The molecule has 0 saturated carbocycles. The van der Waals surface area contributed by atoms with Crippen LogP contribution >= 0.6 is 0 Å². The molecule has 2 aromatic carbocycles. The summed E-state index contributed by atoms with van der Waals surface area (Å²) in [6.07, 6.45) is 6.70. The number of aromatic nitrogens is 2. The maximum absolute atomic E-state index is 13.0. The highest BCUT2D eigenvalue weighted by Crippen LogP contribution is 2.44. The van der Waals surface area contributed by atoms with Crippen molar-refractivity contribution in [3.05, 3.63) is 95.2 Å². The topological polar surface area (TPSA) is 69.6 Å². The second kappa shape index (κ2) is 9.22. The van der Waals surface area contributed by atoms with Gasteiger partial charge in [0.1, 0.15) is 0 Å². The average molecular weight is 480 g/mol. The summed E-state index contributed by atoms with van der Waals surface area (Å²) in [5.41, 5.74) is 3.92. The minimum Gasteiger partial charge on any atom is -0.355 e. The number of piperidine rings is 1. The summed E-state index contributed by atoms with van der Waals surface area (Å²) >= 11 is 0. The van der Waals surface area contributed by atoms with E-state index >= 15 is 0 Å². The number of anilines is 1. The molecule has 0 radical (unpaired) electrons. The van der Waals surface area contributed by atoms with Crippen molar-refractivity contribution >= 4 is 23.7 Å². The molecule has 0 N–H and O–H groups in total. The van der Waals surface area contributed by atoms with Crippen LogP contribution in [-0.2, 0) is 5.41 Å². The predicted molar refractivity (Wildman–Crippen MR) is 139 cm³/mol. The number of amides is 2. The minimum atomic E-state index is -0.133. The first-order chi connectivity index (χ1) is 17.6. The molecule has 0 bridgehead atoms. The van der Waals surface area contributed by atoms with Crippen LogP contribution in [0.2, 0.25) is 0 Å². The van der Waals surface area contributed by atoms with E-state index in [2.05, 4.69) is 51.5 Å². The van der Waals surface area contributed by atoms with Crippen molar-refractivity contribution in [3.8, 4) is 0 Å². The van der Waals surface area contributed by atoms with Crippen LogP contribution < -0.4 is 4.90 Å². The zero-order valence-corrected chi connectivity index (χ0v) is 20.2. The Kier molecular flexibility index (Phi) is 5.76. The molecule has 6 rings (SSSR count). The van der Waals surface area contributed by atoms with Gasteiger partial charge in [-0.2, -0.15) is 0 Å². The molecule has 0 atom stereocenters.